The maximum atomic E-state index is 6.30. The first-order valence-electron chi connectivity index (χ1n) is 18.4. The maximum Gasteiger partial charge on any atom is 0.135 e. The van der Waals surface area contributed by atoms with Crippen molar-refractivity contribution in [3.8, 4) is 33.8 Å². The summed E-state index contributed by atoms with van der Waals surface area (Å²) in [6, 6.07) is 50.0. The summed E-state index contributed by atoms with van der Waals surface area (Å²) in [5.74, 6) is 3.57. The van der Waals surface area contributed by atoms with Gasteiger partial charge in [-0.3, -0.25) is 0 Å². The molecule has 0 aliphatic heterocycles. The Morgan fingerprint density at radius 3 is 1.41 bits per heavy atom. The molecule has 0 atom stereocenters. The van der Waals surface area contributed by atoms with Crippen molar-refractivity contribution in [3.05, 3.63) is 180 Å². The Morgan fingerprint density at radius 2 is 0.963 bits per heavy atom. The van der Waals surface area contributed by atoms with Gasteiger partial charge in [0.1, 0.15) is 23.0 Å². The minimum atomic E-state index is 0.880. The Balaban J connectivity index is 1.27. The van der Waals surface area contributed by atoms with Crippen molar-refractivity contribution in [3.63, 3.8) is 0 Å². The van der Waals surface area contributed by atoms with Crippen molar-refractivity contribution in [2.45, 2.75) is 20.8 Å². The lowest BCUT2D eigenvalue weighted by atomic mass is 9.85. The highest BCUT2D eigenvalue weighted by Gasteiger charge is 2.25. The molecule has 3 heteroatoms. The zero-order chi connectivity index (χ0) is 36.5. The molecule has 0 unspecified atom stereocenters. The fourth-order valence-electron chi connectivity index (χ4n) is 8.58. The van der Waals surface area contributed by atoms with E-state index in [4.69, 9.17) is 15.4 Å². The molecule has 3 heterocycles. The quantitative estimate of drug-likeness (QED) is 0.160. The van der Waals surface area contributed by atoms with E-state index in [0.717, 1.165) is 66.8 Å². The number of allylic oxidation sites excluding steroid dienone is 1. The fourth-order valence-corrected chi connectivity index (χ4v) is 9.78. The van der Waals surface area contributed by atoms with E-state index in [-0.39, 0.29) is 0 Å². The van der Waals surface area contributed by atoms with E-state index in [1.165, 1.54) is 53.2 Å². The summed E-state index contributed by atoms with van der Waals surface area (Å²) in [4.78, 5) is 1.17. The Hall–Kier alpha value is -6.42. The van der Waals surface area contributed by atoms with Crippen LogP contribution < -0.4 is 0 Å². The van der Waals surface area contributed by atoms with E-state index in [0.29, 0.717) is 0 Å². The van der Waals surface area contributed by atoms with E-state index in [1.54, 1.807) is 0 Å². The number of thiophene rings is 1. The predicted molar refractivity (Wildman–Crippen MR) is 231 cm³/mol. The third-order valence-electron chi connectivity index (χ3n) is 10.8. The van der Waals surface area contributed by atoms with Crippen LogP contribution in [0.5, 0.6) is 0 Å². The van der Waals surface area contributed by atoms with Crippen LogP contribution in [0.15, 0.2) is 161 Å². The SMILES string of the molecule is C=C(c1sc2cccc(-c3c4ccccc4c(-c4ccc(C)o4)c4ccccc34)c2c1/C=C\C)c1c2ccccc2c(-c2ccc(C)o2)c2ccccc12. The van der Waals surface area contributed by atoms with Crippen LogP contribution >= 0.6 is 11.3 Å². The molecule has 54 heavy (non-hydrogen) atoms. The highest BCUT2D eigenvalue weighted by Crippen LogP contribution is 2.51. The van der Waals surface area contributed by atoms with Gasteiger partial charge in [-0.15, -0.1) is 11.3 Å². The van der Waals surface area contributed by atoms with Gasteiger partial charge in [0.2, 0.25) is 0 Å². The molecule has 7 aromatic carbocycles. The Labute approximate surface area is 317 Å². The average Bonchev–Trinajstić information content (AvgIpc) is 3.94. The topological polar surface area (TPSA) is 26.3 Å². The van der Waals surface area contributed by atoms with Gasteiger partial charge in [-0.05, 0) is 116 Å². The lowest BCUT2D eigenvalue weighted by molar-refractivity contribution is 0.549. The van der Waals surface area contributed by atoms with Crippen LogP contribution in [-0.2, 0) is 0 Å². The van der Waals surface area contributed by atoms with E-state index in [1.807, 2.05) is 31.3 Å². The maximum absolute atomic E-state index is 6.30. The molecule has 10 rings (SSSR count). The van der Waals surface area contributed by atoms with Crippen LogP contribution in [0.2, 0.25) is 0 Å². The molecule has 0 saturated carbocycles. The second kappa shape index (κ2) is 12.6. The number of hydrogen-bond donors (Lipinski definition) is 0. The van der Waals surface area contributed by atoms with Gasteiger partial charge < -0.3 is 8.83 Å². The minimum absolute atomic E-state index is 0.880. The second-order valence-electron chi connectivity index (χ2n) is 14.0. The van der Waals surface area contributed by atoms with Crippen LogP contribution in [0.4, 0.5) is 0 Å². The second-order valence-corrected chi connectivity index (χ2v) is 15.1. The van der Waals surface area contributed by atoms with E-state index in [9.17, 15) is 0 Å². The van der Waals surface area contributed by atoms with Crippen LogP contribution in [0.1, 0.15) is 34.4 Å². The number of hydrogen-bond acceptors (Lipinski definition) is 3. The molecule has 0 aliphatic rings. The summed E-state index contributed by atoms with van der Waals surface area (Å²) in [6.45, 7) is 11.0. The molecule has 258 valence electrons. The van der Waals surface area contributed by atoms with Gasteiger partial charge >= 0.3 is 0 Å². The zero-order valence-electron chi connectivity index (χ0n) is 30.4. The van der Waals surface area contributed by atoms with Crippen LogP contribution in [0.3, 0.4) is 0 Å². The first-order chi connectivity index (χ1) is 26.5. The van der Waals surface area contributed by atoms with E-state index in [2.05, 4.69) is 153 Å². The highest BCUT2D eigenvalue weighted by atomic mass is 32.1. The summed E-state index contributed by atoms with van der Waals surface area (Å²) < 4.78 is 13.8. The zero-order valence-corrected chi connectivity index (χ0v) is 31.2. The van der Waals surface area contributed by atoms with Gasteiger partial charge in [0.15, 0.2) is 0 Å². The Kier molecular flexibility index (Phi) is 7.53. The van der Waals surface area contributed by atoms with Crippen molar-refractivity contribution >= 4 is 76.2 Å². The molecule has 0 spiro atoms. The van der Waals surface area contributed by atoms with Crippen molar-refractivity contribution in [2.24, 2.45) is 0 Å². The standard InChI is InChI=1S/C51H36O2S/c1-5-15-42-50-41(47-35-18-8-12-22-39(35)49(44-29-27-31(3)53-44)40-23-13-9-19-36(40)47)24-14-25-45(50)54-51(42)32(4)46-33-16-6-10-20-37(33)48(43-28-26-30(2)52-43)38-21-11-7-17-34(38)46/h5-29H,4H2,1-3H3/b15-5-. The molecule has 3 aromatic heterocycles. The van der Waals surface area contributed by atoms with Crippen molar-refractivity contribution in [1.82, 2.24) is 0 Å². The number of furan rings is 2. The summed E-state index contributed by atoms with van der Waals surface area (Å²) in [5, 5.41) is 10.6. The Bertz CT molecular complexity index is 3050. The third-order valence-corrected chi connectivity index (χ3v) is 12.0. The number of rotatable bonds is 6. The van der Waals surface area contributed by atoms with Gasteiger partial charge in [0.05, 0.1) is 0 Å². The summed E-state index contributed by atoms with van der Waals surface area (Å²) >= 11 is 1.83. The molecule has 0 bridgehead atoms. The molecule has 0 aliphatic carbocycles. The van der Waals surface area contributed by atoms with Gasteiger partial charge in [-0.2, -0.15) is 0 Å². The first kappa shape index (κ1) is 32.2. The van der Waals surface area contributed by atoms with Crippen LogP contribution in [0, 0.1) is 13.8 Å². The lowest BCUT2D eigenvalue weighted by Gasteiger charge is -2.18. The summed E-state index contributed by atoms with van der Waals surface area (Å²) in [5.41, 5.74) is 8.05. The lowest BCUT2D eigenvalue weighted by Crippen LogP contribution is -1.94. The first-order valence-corrected chi connectivity index (χ1v) is 19.2. The molecule has 0 amide bonds. The van der Waals surface area contributed by atoms with Crippen molar-refractivity contribution in [1.29, 1.82) is 0 Å². The van der Waals surface area contributed by atoms with Crippen LogP contribution in [0.25, 0.3) is 98.6 Å². The minimum Gasteiger partial charge on any atom is -0.461 e. The monoisotopic (exact) mass is 712 g/mol. The van der Waals surface area contributed by atoms with Gasteiger partial charge in [-0.25, -0.2) is 0 Å². The largest absolute Gasteiger partial charge is 0.461 e. The Morgan fingerprint density at radius 1 is 0.519 bits per heavy atom. The molecular weight excluding hydrogens is 677 g/mol. The third kappa shape index (κ3) is 4.86. The number of benzene rings is 7. The van der Waals surface area contributed by atoms with Gasteiger partial charge in [0.25, 0.3) is 0 Å². The molecule has 0 saturated heterocycles. The van der Waals surface area contributed by atoms with E-state index < -0.39 is 0 Å². The van der Waals surface area contributed by atoms with E-state index >= 15 is 0 Å². The van der Waals surface area contributed by atoms with Crippen LogP contribution in [-0.4, -0.2) is 0 Å². The molecule has 0 radical (unpaired) electrons. The molecule has 0 fully saturated rings. The molecule has 2 nitrogen and oxygen atoms in total. The molecule has 10 aromatic rings. The normalized spacial score (nSPS) is 12.0. The fraction of sp³-hybridized carbons (Fsp3) is 0.0588. The highest BCUT2D eigenvalue weighted by molar-refractivity contribution is 7.20. The molecule has 0 N–H and O–H groups in total. The smallest absolute Gasteiger partial charge is 0.135 e. The van der Waals surface area contributed by atoms with Crippen molar-refractivity contribution < 1.29 is 8.83 Å². The molecular formula is C51H36O2S. The average molecular weight is 713 g/mol. The van der Waals surface area contributed by atoms with Crippen molar-refractivity contribution in [2.75, 3.05) is 0 Å². The summed E-state index contributed by atoms with van der Waals surface area (Å²) in [6.07, 6.45) is 4.43. The van der Waals surface area contributed by atoms with Gasteiger partial charge in [0, 0.05) is 31.7 Å². The number of fused-ring (bicyclic) bond motifs is 5. The number of aryl methyl sites for hydroxylation is 2. The predicted octanol–water partition coefficient (Wildman–Crippen LogP) is 15.4. The summed E-state index contributed by atoms with van der Waals surface area (Å²) in [7, 11) is 0. The van der Waals surface area contributed by atoms with Gasteiger partial charge in [-0.1, -0.05) is 128 Å².